The molecule has 3 N–H and O–H groups in total. The van der Waals surface area contributed by atoms with Crippen molar-refractivity contribution in [3.05, 3.63) is 6.07 Å². The average Bonchev–Trinajstić information content (AvgIpc) is 2.98. The van der Waals surface area contributed by atoms with Gasteiger partial charge in [-0.3, -0.25) is 9.46 Å². The van der Waals surface area contributed by atoms with Crippen LogP contribution in [0.2, 0.25) is 0 Å². The molecule has 1 saturated heterocycles. The second-order valence-electron chi connectivity index (χ2n) is 13.7. The molecule has 0 aromatic carbocycles. The molecule has 240 valence electrons. The van der Waals surface area contributed by atoms with Crippen molar-refractivity contribution in [2.45, 2.75) is 116 Å². The van der Waals surface area contributed by atoms with E-state index in [0.717, 1.165) is 50.4 Å². The maximum atomic E-state index is 12.5. The molecule has 2 saturated carbocycles. The Kier molecular flexibility index (Phi) is 13.7. The molecule has 3 fully saturated rings. The summed E-state index contributed by atoms with van der Waals surface area (Å²) in [6, 6.07) is 2.23. The van der Waals surface area contributed by atoms with Gasteiger partial charge in [0.15, 0.2) is 0 Å². The first-order chi connectivity index (χ1) is 20.3. The average molecular weight is 605 g/mol. The SMILES string of the molecule is CCOP(C)(=O)CCN1CCN(c2cc(N)nc(NCC3CCC(CCCCCCC4CCCCC4)CC3)n2)C[C@@H]1C. The van der Waals surface area contributed by atoms with Gasteiger partial charge < -0.3 is 20.5 Å². The van der Waals surface area contributed by atoms with E-state index in [4.69, 9.17) is 15.2 Å². The highest BCUT2D eigenvalue weighted by Crippen LogP contribution is 2.42. The zero-order chi connectivity index (χ0) is 29.8. The highest BCUT2D eigenvalue weighted by molar-refractivity contribution is 7.58. The molecular formula is C33H61N6O2P. The Morgan fingerprint density at radius 1 is 0.952 bits per heavy atom. The number of aromatic nitrogens is 2. The van der Waals surface area contributed by atoms with Crippen LogP contribution < -0.4 is 16.0 Å². The molecule has 0 bridgehead atoms. The molecule has 0 radical (unpaired) electrons. The molecule has 4 rings (SSSR count). The Bertz CT molecular complexity index is 966. The topological polar surface area (TPSA) is 96.6 Å². The van der Waals surface area contributed by atoms with Gasteiger partial charge in [0.1, 0.15) is 11.6 Å². The summed E-state index contributed by atoms with van der Waals surface area (Å²) in [4.78, 5) is 14.1. The second kappa shape index (κ2) is 17.2. The van der Waals surface area contributed by atoms with Crippen LogP contribution >= 0.6 is 7.37 Å². The third-order valence-electron chi connectivity index (χ3n) is 10.2. The summed E-state index contributed by atoms with van der Waals surface area (Å²) in [6.45, 7) is 10.7. The Balaban J connectivity index is 1.12. The van der Waals surface area contributed by atoms with Gasteiger partial charge in [-0.15, -0.1) is 0 Å². The Morgan fingerprint density at radius 3 is 2.29 bits per heavy atom. The standard InChI is InChI=1S/C33H61N6O2P/c1-4-41-42(3,40)23-22-38-20-21-39(26-27(38)2)32-24-31(34)36-33(37-32)35-25-30-18-16-29(17-19-30)15-9-6-5-8-12-28-13-10-7-11-14-28/h24,27-30H,4-23,25-26H2,1-3H3,(H3,34,35,36,37)/t27-,29?,30?,42?/m0/s1. The molecule has 0 spiro atoms. The number of unbranched alkanes of at least 4 members (excludes halogenated alkanes) is 3. The minimum absolute atomic E-state index is 0.338. The van der Waals surface area contributed by atoms with Crippen LogP contribution in [0.15, 0.2) is 6.07 Å². The summed E-state index contributed by atoms with van der Waals surface area (Å²) >= 11 is 0. The van der Waals surface area contributed by atoms with Crippen molar-refractivity contribution in [2.24, 2.45) is 17.8 Å². The highest BCUT2D eigenvalue weighted by atomic mass is 31.2. The number of hydrogen-bond donors (Lipinski definition) is 2. The third-order valence-corrected chi connectivity index (χ3v) is 12.0. The van der Waals surface area contributed by atoms with Crippen molar-refractivity contribution in [1.82, 2.24) is 14.9 Å². The lowest BCUT2D eigenvalue weighted by molar-refractivity contribution is 0.197. The van der Waals surface area contributed by atoms with Gasteiger partial charge in [0.2, 0.25) is 13.3 Å². The zero-order valence-corrected chi connectivity index (χ0v) is 28.0. The molecule has 1 aliphatic heterocycles. The highest BCUT2D eigenvalue weighted by Gasteiger charge is 2.27. The van der Waals surface area contributed by atoms with Gasteiger partial charge in [0.05, 0.1) is 6.61 Å². The maximum Gasteiger partial charge on any atom is 0.226 e. The fourth-order valence-corrected chi connectivity index (χ4v) is 8.83. The summed E-state index contributed by atoms with van der Waals surface area (Å²) in [5, 5.41) is 3.53. The lowest BCUT2D eigenvalue weighted by atomic mass is 9.79. The molecule has 0 amide bonds. The van der Waals surface area contributed by atoms with Crippen molar-refractivity contribution in [2.75, 3.05) is 68.1 Å². The Morgan fingerprint density at radius 2 is 1.62 bits per heavy atom. The number of rotatable bonds is 16. The van der Waals surface area contributed by atoms with Crippen LogP contribution in [0.25, 0.3) is 0 Å². The number of anilines is 3. The van der Waals surface area contributed by atoms with Crippen LogP contribution in [0.4, 0.5) is 17.6 Å². The van der Waals surface area contributed by atoms with E-state index in [-0.39, 0.29) is 0 Å². The summed E-state index contributed by atoms with van der Waals surface area (Å²) in [7, 11) is -2.51. The quantitative estimate of drug-likeness (QED) is 0.147. The van der Waals surface area contributed by atoms with Crippen molar-refractivity contribution in [3.63, 3.8) is 0 Å². The van der Waals surface area contributed by atoms with E-state index in [1.165, 1.54) is 96.3 Å². The van der Waals surface area contributed by atoms with Crippen LogP contribution in [0.1, 0.15) is 110 Å². The van der Waals surface area contributed by atoms with Crippen LogP contribution in [0, 0.1) is 17.8 Å². The number of nitrogens with zero attached hydrogens (tertiary/aromatic N) is 4. The first kappa shape index (κ1) is 33.5. The van der Waals surface area contributed by atoms with Crippen molar-refractivity contribution < 1.29 is 9.09 Å². The Hall–Kier alpha value is -1.37. The smallest absolute Gasteiger partial charge is 0.226 e. The predicted octanol–water partition coefficient (Wildman–Crippen LogP) is 7.65. The lowest BCUT2D eigenvalue weighted by Crippen LogP contribution is -2.52. The maximum absolute atomic E-state index is 12.5. The number of nitrogens with two attached hydrogens (primary N) is 1. The first-order valence-electron chi connectivity index (χ1n) is 17.4. The van der Waals surface area contributed by atoms with E-state index in [1.807, 2.05) is 13.0 Å². The minimum atomic E-state index is -2.51. The largest absolute Gasteiger partial charge is 0.383 e. The number of hydrogen-bond acceptors (Lipinski definition) is 8. The molecule has 42 heavy (non-hydrogen) atoms. The Labute approximate surface area is 256 Å². The zero-order valence-electron chi connectivity index (χ0n) is 27.1. The first-order valence-corrected chi connectivity index (χ1v) is 19.7. The molecule has 2 aliphatic carbocycles. The van der Waals surface area contributed by atoms with Crippen LogP contribution in [-0.2, 0) is 9.09 Å². The van der Waals surface area contributed by atoms with E-state index in [1.54, 1.807) is 6.66 Å². The number of nitrogens with one attached hydrogen (secondary N) is 1. The van der Waals surface area contributed by atoms with Crippen molar-refractivity contribution in [1.29, 1.82) is 0 Å². The normalized spacial score (nSPS) is 25.8. The number of nitrogen functional groups attached to an aromatic ring is 1. The van der Waals surface area contributed by atoms with Crippen LogP contribution in [-0.4, -0.2) is 73.1 Å². The van der Waals surface area contributed by atoms with Crippen LogP contribution in [0.5, 0.6) is 0 Å². The summed E-state index contributed by atoms with van der Waals surface area (Å²) < 4.78 is 18.0. The van der Waals surface area contributed by atoms with Gasteiger partial charge in [-0.05, 0) is 44.4 Å². The van der Waals surface area contributed by atoms with Gasteiger partial charge in [-0.2, -0.15) is 9.97 Å². The van der Waals surface area contributed by atoms with E-state index >= 15 is 0 Å². The summed E-state index contributed by atoms with van der Waals surface area (Å²) in [5.41, 5.74) is 6.22. The molecule has 2 atom stereocenters. The molecular weight excluding hydrogens is 543 g/mol. The second-order valence-corrected chi connectivity index (χ2v) is 16.5. The van der Waals surface area contributed by atoms with Gasteiger partial charge >= 0.3 is 0 Å². The monoisotopic (exact) mass is 604 g/mol. The fraction of sp³-hybridized carbons (Fsp3) is 0.879. The van der Waals surface area contributed by atoms with Gasteiger partial charge in [0.25, 0.3) is 0 Å². The van der Waals surface area contributed by atoms with Crippen molar-refractivity contribution in [3.8, 4) is 0 Å². The van der Waals surface area contributed by atoms with Gasteiger partial charge in [-0.1, -0.05) is 83.5 Å². The number of piperazine rings is 1. The van der Waals surface area contributed by atoms with E-state index < -0.39 is 7.37 Å². The minimum Gasteiger partial charge on any atom is -0.383 e. The molecule has 2 heterocycles. The third kappa shape index (κ3) is 11.3. The van der Waals surface area contributed by atoms with Gasteiger partial charge in [0, 0.05) is 57.7 Å². The molecule has 9 heteroatoms. The van der Waals surface area contributed by atoms with E-state index in [0.29, 0.717) is 36.5 Å². The molecule has 1 aromatic heterocycles. The van der Waals surface area contributed by atoms with Crippen LogP contribution in [0.3, 0.4) is 0 Å². The van der Waals surface area contributed by atoms with Gasteiger partial charge in [-0.25, -0.2) is 0 Å². The molecule has 3 aliphatic rings. The molecule has 1 unspecified atom stereocenters. The lowest BCUT2D eigenvalue weighted by Gasteiger charge is -2.40. The molecule has 8 nitrogen and oxygen atoms in total. The fourth-order valence-electron chi connectivity index (χ4n) is 7.53. The van der Waals surface area contributed by atoms with E-state index in [2.05, 4.69) is 27.0 Å². The van der Waals surface area contributed by atoms with Crippen molar-refractivity contribution >= 4 is 25.0 Å². The summed E-state index contributed by atoms with van der Waals surface area (Å²) in [5.74, 6) is 4.74. The predicted molar refractivity (Wildman–Crippen MR) is 178 cm³/mol. The summed E-state index contributed by atoms with van der Waals surface area (Å²) in [6.07, 6.45) is 22.1. The molecule has 1 aromatic rings. The van der Waals surface area contributed by atoms with E-state index in [9.17, 15) is 4.57 Å².